The minimum atomic E-state index is -0.570. The number of amides is 2. The first-order chi connectivity index (χ1) is 14.2. The summed E-state index contributed by atoms with van der Waals surface area (Å²) in [5.74, 6) is 0.431. The monoisotopic (exact) mass is 410 g/mol. The third-order valence-electron chi connectivity index (χ3n) is 4.14. The van der Waals surface area contributed by atoms with Crippen LogP contribution in [0.15, 0.2) is 61.2 Å². The van der Waals surface area contributed by atoms with Crippen LogP contribution in [0, 0.1) is 0 Å². The van der Waals surface area contributed by atoms with Crippen LogP contribution < -0.4 is 10.1 Å². The molecule has 30 heavy (non-hydrogen) atoms. The molecule has 0 heterocycles. The minimum Gasteiger partial charge on any atom is -0.490 e. The zero-order chi connectivity index (χ0) is 22.1. The summed E-state index contributed by atoms with van der Waals surface area (Å²) < 4.78 is 10.9. The second-order valence-electron chi connectivity index (χ2n) is 7.73. The third kappa shape index (κ3) is 6.95. The number of rotatable bonds is 8. The van der Waals surface area contributed by atoms with E-state index in [4.69, 9.17) is 9.47 Å². The Kier molecular flexibility index (Phi) is 8.04. The van der Waals surface area contributed by atoms with Crippen molar-refractivity contribution >= 4 is 17.7 Å². The molecule has 0 bridgehead atoms. The van der Waals surface area contributed by atoms with Gasteiger partial charge in [0.25, 0.3) is 5.91 Å². The van der Waals surface area contributed by atoms with Crippen LogP contribution in [-0.4, -0.2) is 35.7 Å². The number of carbonyl (C=O) groups excluding carboxylic acids is 2. The first kappa shape index (κ1) is 23.0. The van der Waals surface area contributed by atoms with Crippen LogP contribution in [0.1, 0.15) is 43.6 Å². The Morgan fingerprint density at radius 2 is 1.77 bits per heavy atom. The molecule has 0 fully saturated rings. The molecule has 0 aromatic heterocycles. The van der Waals surface area contributed by atoms with Gasteiger partial charge in [-0.1, -0.05) is 30.9 Å². The van der Waals surface area contributed by atoms with Gasteiger partial charge in [0.1, 0.15) is 18.0 Å². The van der Waals surface area contributed by atoms with E-state index >= 15 is 0 Å². The van der Waals surface area contributed by atoms with Crippen LogP contribution in [-0.2, 0) is 11.3 Å². The van der Waals surface area contributed by atoms with Gasteiger partial charge in [0.15, 0.2) is 0 Å². The van der Waals surface area contributed by atoms with E-state index in [1.807, 2.05) is 52.0 Å². The summed E-state index contributed by atoms with van der Waals surface area (Å²) in [5.41, 5.74) is 1.41. The maximum Gasteiger partial charge on any atom is 0.410 e. The number of hydrogen-bond acceptors (Lipinski definition) is 4. The number of anilines is 1. The van der Waals surface area contributed by atoms with Gasteiger partial charge in [0.05, 0.1) is 6.54 Å². The van der Waals surface area contributed by atoms with Crippen LogP contribution in [0.4, 0.5) is 10.5 Å². The summed E-state index contributed by atoms with van der Waals surface area (Å²) in [4.78, 5) is 26.7. The molecule has 2 amide bonds. The highest BCUT2D eigenvalue weighted by Gasteiger charge is 2.22. The predicted octanol–water partition coefficient (Wildman–Crippen LogP) is 5.26. The van der Waals surface area contributed by atoms with E-state index in [1.54, 1.807) is 35.2 Å². The lowest BCUT2D eigenvalue weighted by Gasteiger charge is -2.27. The van der Waals surface area contributed by atoms with E-state index in [2.05, 4.69) is 11.9 Å². The largest absolute Gasteiger partial charge is 0.490 e. The van der Waals surface area contributed by atoms with E-state index in [1.165, 1.54) is 0 Å². The number of para-hydroxylation sites is 1. The van der Waals surface area contributed by atoms with Gasteiger partial charge in [0, 0.05) is 17.8 Å². The number of benzene rings is 2. The average Bonchev–Trinajstić information content (AvgIpc) is 2.70. The lowest BCUT2D eigenvalue weighted by Crippen LogP contribution is -2.36. The second kappa shape index (κ2) is 10.5. The Hall–Kier alpha value is -3.28. The Morgan fingerprint density at radius 3 is 2.37 bits per heavy atom. The molecular formula is C24H30N2O4. The smallest absolute Gasteiger partial charge is 0.410 e. The quantitative estimate of drug-likeness (QED) is 0.603. The molecule has 2 aromatic rings. The third-order valence-corrected chi connectivity index (χ3v) is 4.14. The molecule has 2 rings (SSSR count). The second-order valence-corrected chi connectivity index (χ2v) is 7.73. The highest BCUT2D eigenvalue weighted by atomic mass is 16.6. The van der Waals surface area contributed by atoms with Gasteiger partial charge in [-0.15, -0.1) is 0 Å². The van der Waals surface area contributed by atoms with E-state index in [9.17, 15) is 9.59 Å². The van der Waals surface area contributed by atoms with Gasteiger partial charge in [-0.05, 0) is 63.6 Å². The fourth-order valence-corrected chi connectivity index (χ4v) is 2.67. The van der Waals surface area contributed by atoms with Gasteiger partial charge in [-0.3, -0.25) is 4.79 Å². The Bertz CT molecular complexity index is 870. The van der Waals surface area contributed by atoms with Crippen molar-refractivity contribution in [1.29, 1.82) is 0 Å². The topological polar surface area (TPSA) is 67.9 Å². The molecule has 0 aliphatic carbocycles. The standard InChI is InChI=1S/C24H30N2O4/c1-6-16-29-20-14-12-18(13-15-20)22(27)25-21-11-9-8-10-19(21)17-26(7-2)23(28)30-24(3,4)5/h6,8-15H,1,7,16-17H2,2-5H3,(H,25,27). The molecule has 6 nitrogen and oxygen atoms in total. The summed E-state index contributed by atoms with van der Waals surface area (Å²) in [6, 6.07) is 14.3. The van der Waals surface area contributed by atoms with Crippen molar-refractivity contribution in [3.63, 3.8) is 0 Å². The Morgan fingerprint density at radius 1 is 1.10 bits per heavy atom. The number of ether oxygens (including phenoxy) is 2. The minimum absolute atomic E-state index is 0.238. The maximum absolute atomic E-state index is 12.7. The van der Waals surface area contributed by atoms with Crippen LogP contribution >= 0.6 is 0 Å². The molecule has 6 heteroatoms. The van der Waals surface area contributed by atoms with Crippen LogP contribution in [0.5, 0.6) is 5.75 Å². The first-order valence-electron chi connectivity index (χ1n) is 9.94. The number of nitrogens with one attached hydrogen (secondary N) is 1. The van der Waals surface area contributed by atoms with Gasteiger partial charge >= 0.3 is 6.09 Å². The molecule has 1 N–H and O–H groups in total. The van der Waals surface area contributed by atoms with Gasteiger partial charge in [0.2, 0.25) is 0 Å². The zero-order valence-electron chi connectivity index (χ0n) is 18.1. The highest BCUT2D eigenvalue weighted by Crippen LogP contribution is 2.21. The fourth-order valence-electron chi connectivity index (χ4n) is 2.67. The van der Waals surface area contributed by atoms with Crippen molar-refractivity contribution in [1.82, 2.24) is 4.90 Å². The molecular weight excluding hydrogens is 380 g/mol. The number of carbonyl (C=O) groups is 2. The molecule has 2 aromatic carbocycles. The van der Waals surface area contributed by atoms with Gasteiger partial charge in [-0.25, -0.2) is 4.79 Å². The molecule has 0 atom stereocenters. The number of hydrogen-bond donors (Lipinski definition) is 1. The summed E-state index contributed by atoms with van der Waals surface area (Å²) in [7, 11) is 0. The molecule has 0 radical (unpaired) electrons. The average molecular weight is 411 g/mol. The summed E-state index contributed by atoms with van der Waals surface area (Å²) in [6.45, 7) is 12.2. The fraction of sp³-hybridized carbons (Fsp3) is 0.333. The molecule has 0 saturated carbocycles. The number of nitrogens with zero attached hydrogens (tertiary/aromatic N) is 1. The van der Waals surface area contributed by atoms with E-state index in [0.29, 0.717) is 36.7 Å². The molecule has 0 spiro atoms. The molecule has 0 aliphatic rings. The normalized spacial score (nSPS) is 10.8. The molecule has 0 aliphatic heterocycles. The maximum atomic E-state index is 12.7. The molecule has 0 unspecified atom stereocenters. The SMILES string of the molecule is C=CCOc1ccc(C(=O)Nc2ccccc2CN(CC)C(=O)OC(C)(C)C)cc1. The lowest BCUT2D eigenvalue weighted by atomic mass is 10.1. The van der Waals surface area contributed by atoms with E-state index in [0.717, 1.165) is 5.56 Å². The van der Waals surface area contributed by atoms with Gasteiger partial charge in [-0.2, -0.15) is 0 Å². The zero-order valence-corrected chi connectivity index (χ0v) is 18.1. The highest BCUT2D eigenvalue weighted by molar-refractivity contribution is 6.04. The van der Waals surface area contributed by atoms with Crippen molar-refractivity contribution in [3.8, 4) is 5.75 Å². The van der Waals surface area contributed by atoms with Crippen molar-refractivity contribution in [2.24, 2.45) is 0 Å². The van der Waals surface area contributed by atoms with Gasteiger partial charge < -0.3 is 19.7 Å². The van der Waals surface area contributed by atoms with E-state index < -0.39 is 5.60 Å². The van der Waals surface area contributed by atoms with Crippen LogP contribution in [0.25, 0.3) is 0 Å². The van der Waals surface area contributed by atoms with E-state index in [-0.39, 0.29) is 12.0 Å². The van der Waals surface area contributed by atoms with Crippen LogP contribution in [0.2, 0.25) is 0 Å². The van der Waals surface area contributed by atoms with Crippen molar-refractivity contribution in [2.45, 2.75) is 39.8 Å². The van der Waals surface area contributed by atoms with Crippen LogP contribution in [0.3, 0.4) is 0 Å². The molecule has 160 valence electrons. The lowest BCUT2D eigenvalue weighted by molar-refractivity contribution is 0.0245. The van der Waals surface area contributed by atoms with Crippen molar-refractivity contribution < 1.29 is 19.1 Å². The summed E-state index contributed by atoms with van der Waals surface area (Å²) in [5, 5.41) is 2.93. The summed E-state index contributed by atoms with van der Waals surface area (Å²) in [6.07, 6.45) is 1.27. The molecule has 0 saturated heterocycles. The Labute approximate surface area is 178 Å². The predicted molar refractivity (Wildman–Crippen MR) is 119 cm³/mol. The first-order valence-corrected chi connectivity index (χ1v) is 9.94. The van der Waals surface area contributed by atoms with Crippen molar-refractivity contribution in [3.05, 3.63) is 72.3 Å². The summed E-state index contributed by atoms with van der Waals surface area (Å²) >= 11 is 0. The van der Waals surface area contributed by atoms with Crippen molar-refractivity contribution in [2.75, 3.05) is 18.5 Å². The Balaban J connectivity index is 2.11.